The van der Waals surface area contributed by atoms with Gasteiger partial charge in [-0.15, -0.1) is 11.3 Å². The van der Waals surface area contributed by atoms with Gasteiger partial charge in [-0.05, 0) is 61.8 Å². The minimum absolute atomic E-state index is 0.0468. The Hall–Kier alpha value is -3.87. The number of nitrogens with two attached hydrogens (primary N) is 1. The minimum atomic E-state index is -5.03. The minimum Gasteiger partial charge on any atom is -0.467 e. The maximum absolute atomic E-state index is 16.4. The molecule has 0 spiro atoms. The van der Waals surface area contributed by atoms with Crippen LogP contribution in [0.25, 0.3) is 32.1 Å². The number of ether oxygens (including phenoxy) is 1. The van der Waals surface area contributed by atoms with Gasteiger partial charge in [-0.2, -0.15) is 28.4 Å². The summed E-state index contributed by atoms with van der Waals surface area (Å²) in [6.07, 6.45) is -1.15. The Labute approximate surface area is 290 Å². The van der Waals surface area contributed by atoms with E-state index in [1.54, 1.807) is 11.0 Å². The largest absolute Gasteiger partial charge is 0.467 e. The van der Waals surface area contributed by atoms with E-state index in [1.165, 1.54) is 20.0 Å². The summed E-state index contributed by atoms with van der Waals surface area (Å²) in [6.45, 7) is 8.43. The molecule has 0 saturated carbocycles. The molecule has 4 aromatic rings. The van der Waals surface area contributed by atoms with Gasteiger partial charge in [0.15, 0.2) is 5.82 Å². The second-order valence-electron chi connectivity index (χ2n) is 12.9. The number of fused-ring (bicyclic) bond motifs is 3. The molecule has 0 bridgehead atoms. The molecule has 0 radical (unpaired) electrons. The van der Waals surface area contributed by atoms with Crippen molar-refractivity contribution in [3.8, 4) is 23.2 Å². The Morgan fingerprint density at radius 3 is 2.46 bits per heavy atom. The number of rotatable bonds is 4. The molecule has 2 unspecified atom stereocenters. The van der Waals surface area contributed by atoms with E-state index in [2.05, 4.69) is 14.9 Å². The van der Waals surface area contributed by atoms with Crippen molar-refractivity contribution in [2.24, 2.45) is 5.41 Å². The molecule has 2 aromatic heterocycles. The molecule has 2 atom stereocenters. The zero-order valence-corrected chi connectivity index (χ0v) is 29.1. The number of nitrogen functional groups attached to an aromatic ring is 1. The summed E-state index contributed by atoms with van der Waals surface area (Å²) in [5.74, 6) is -2.05. The summed E-state index contributed by atoms with van der Waals surface area (Å²) in [5.41, 5.74) is 2.29. The van der Waals surface area contributed by atoms with Crippen molar-refractivity contribution in [2.75, 3.05) is 50.5 Å². The van der Waals surface area contributed by atoms with Crippen LogP contribution in [0.3, 0.4) is 0 Å². The highest BCUT2D eigenvalue weighted by atomic mass is 32.1. The van der Waals surface area contributed by atoms with E-state index < -0.39 is 40.6 Å². The number of aliphatic hydroxyl groups is 1. The number of nitriles is 1. The van der Waals surface area contributed by atoms with Gasteiger partial charge in [0.05, 0.1) is 22.9 Å². The number of piperidine rings is 1. The number of thiophene rings is 1. The summed E-state index contributed by atoms with van der Waals surface area (Å²) in [5, 5.41) is 18.8. The lowest BCUT2D eigenvalue weighted by Crippen LogP contribution is -2.41. The van der Waals surface area contributed by atoms with Crippen LogP contribution in [-0.2, 0) is 6.18 Å². The molecule has 3 aliphatic rings. The van der Waals surface area contributed by atoms with Crippen LogP contribution in [0.1, 0.15) is 64.0 Å². The number of alkyl halides is 4. The average Bonchev–Trinajstić information content (AvgIpc) is 3.79. The molecule has 3 fully saturated rings. The van der Waals surface area contributed by atoms with E-state index in [-0.39, 0.29) is 55.5 Å². The van der Waals surface area contributed by atoms with Gasteiger partial charge in [-0.3, -0.25) is 4.90 Å². The number of nitrogens with zero attached hydrogens (tertiary/aromatic N) is 5. The number of hydrogen-bond donors (Lipinski definition) is 2. The van der Waals surface area contributed by atoms with Crippen LogP contribution in [0.15, 0.2) is 18.2 Å². The van der Waals surface area contributed by atoms with Gasteiger partial charge in [0.25, 0.3) is 0 Å². The third-order valence-corrected chi connectivity index (χ3v) is 10.7. The Bertz CT molecular complexity index is 1890. The van der Waals surface area contributed by atoms with Gasteiger partial charge in [-0.25, -0.2) is 13.2 Å². The van der Waals surface area contributed by atoms with Crippen molar-refractivity contribution in [3.05, 3.63) is 41.0 Å². The van der Waals surface area contributed by atoms with Gasteiger partial charge < -0.3 is 20.5 Å². The molecular formula is C35H40F6N6O2S. The van der Waals surface area contributed by atoms with Crippen LogP contribution in [0.5, 0.6) is 6.01 Å². The number of hydrogen-bond acceptors (Lipinski definition) is 9. The second kappa shape index (κ2) is 14.8. The van der Waals surface area contributed by atoms with Crippen molar-refractivity contribution in [2.45, 2.75) is 71.3 Å². The Morgan fingerprint density at radius 1 is 1.16 bits per heavy atom. The van der Waals surface area contributed by atoms with Crippen molar-refractivity contribution in [1.82, 2.24) is 14.9 Å². The van der Waals surface area contributed by atoms with Crippen LogP contribution in [0.2, 0.25) is 0 Å². The zero-order chi connectivity index (χ0) is 36.5. The fourth-order valence-corrected chi connectivity index (χ4v) is 7.91. The van der Waals surface area contributed by atoms with Gasteiger partial charge in [0.1, 0.15) is 34.4 Å². The van der Waals surface area contributed by atoms with E-state index in [4.69, 9.17) is 10.5 Å². The molecule has 0 amide bonds. The van der Waals surface area contributed by atoms with E-state index in [9.17, 15) is 32.3 Å². The van der Waals surface area contributed by atoms with E-state index in [1.807, 2.05) is 20.8 Å². The van der Waals surface area contributed by atoms with Gasteiger partial charge in [-0.1, -0.05) is 26.8 Å². The maximum atomic E-state index is 16.4. The van der Waals surface area contributed by atoms with E-state index in [0.717, 1.165) is 31.2 Å². The standard InChI is InChI=1S/C26H22F5N5O2S.C7H12FN.C2H6/c1-25(11-37)5-7-36(8-6-25)23-13-9-15(26(29,30)31)18(19(28)20(13)34-24(35-23)38-2)12-3-4-16(27)21-17(12)14(10-32)22(33)39-21;8-6-4-7-2-1-3-9(7)5-6;1-2/h3-4,9,37H,5-8,11,33H2,1-2H3;6-7H,1-5H2;1-2H3. The predicted molar refractivity (Wildman–Crippen MR) is 183 cm³/mol. The molecule has 0 aliphatic carbocycles. The number of benzene rings is 2. The van der Waals surface area contributed by atoms with E-state index in [0.29, 0.717) is 49.9 Å². The fourth-order valence-electron chi connectivity index (χ4n) is 6.96. The Balaban J connectivity index is 0.000000376. The zero-order valence-electron chi connectivity index (χ0n) is 28.3. The van der Waals surface area contributed by atoms with Crippen LogP contribution < -0.4 is 15.4 Å². The lowest BCUT2D eigenvalue weighted by atomic mass is 9.81. The number of anilines is 2. The van der Waals surface area contributed by atoms with Crippen molar-refractivity contribution < 1.29 is 36.2 Å². The lowest BCUT2D eigenvalue weighted by molar-refractivity contribution is -0.137. The first-order valence-corrected chi connectivity index (χ1v) is 17.4. The summed E-state index contributed by atoms with van der Waals surface area (Å²) < 4.78 is 92.2. The molecule has 3 N–H and O–H groups in total. The third kappa shape index (κ3) is 7.02. The highest BCUT2D eigenvalue weighted by Crippen LogP contribution is 2.48. The molecule has 15 heteroatoms. The second-order valence-corrected chi connectivity index (χ2v) is 13.9. The lowest BCUT2D eigenvalue weighted by Gasteiger charge is -2.39. The van der Waals surface area contributed by atoms with Crippen LogP contribution >= 0.6 is 11.3 Å². The van der Waals surface area contributed by atoms with Crippen molar-refractivity contribution >= 4 is 43.1 Å². The summed E-state index contributed by atoms with van der Waals surface area (Å²) in [6, 6.07) is 4.85. The normalized spacial score (nSPS) is 20.2. The SMILES string of the molecule is CC.COc1nc(N2CCC(C)(CO)CC2)c2cc(C(F)(F)F)c(-c3ccc(F)c4sc(N)c(C#N)c34)c(F)c2n1.FC1CC2CCCN2C1. The highest BCUT2D eigenvalue weighted by Gasteiger charge is 2.39. The number of halogens is 6. The van der Waals surface area contributed by atoms with Crippen LogP contribution in [0, 0.1) is 28.4 Å². The molecule has 3 aliphatic heterocycles. The van der Waals surface area contributed by atoms with Gasteiger partial charge in [0, 0.05) is 48.6 Å². The molecule has 5 heterocycles. The third-order valence-electron chi connectivity index (χ3n) is 9.69. The molecule has 8 nitrogen and oxygen atoms in total. The predicted octanol–water partition coefficient (Wildman–Crippen LogP) is 8.09. The smallest absolute Gasteiger partial charge is 0.417 e. The number of methoxy groups -OCH3 is 1. The summed E-state index contributed by atoms with van der Waals surface area (Å²) in [7, 11) is 1.25. The monoisotopic (exact) mass is 722 g/mol. The first-order valence-electron chi connectivity index (χ1n) is 16.6. The van der Waals surface area contributed by atoms with Gasteiger partial charge >= 0.3 is 12.2 Å². The van der Waals surface area contributed by atoms with Crippen LogP contribution in [-0.4, -0.2) is 72.1 Å². The Morgan fingerprint density at radius 2 is 1.86 bits per heavy atom. The van der Waals surface area contributed by atoms with Gasteiger partial charge in [0.2, 0.25) is 0 Å². The summed E-state index contributed by atoms with van der Waals surface area (Å²) >= 11 is 0.697. The van der Waals surface area contributed by atoms with Crippen LogP contribution in [0.4, 0.5) is 37.2 Å². The first-order chi connectivity index (χ1) is 23.8. The molecule has 270 valence electrons. The number of aliphatic hydroxyl groups excluding tert-OH is 1. The quantitative estimate of drug-likeness (QED) is 0.204. The molecular weight excluding hydrogens is 682 g/mol. The maximum Gasteiger partial charge on any atom is 0.417 e. The number of aromatic nitrogens is 2. The Kier molecular flexibility index (Phi) is 11.0. The molecule has 7 rings (SSSR count). The molecule has 50 heavy (non-hydrogen) atoms. The van der Waals surface area contributed by atoms with Crippen molar-refractivity contribution in [3.63, 3.8) is 0 Å². The summed E-state index contributed by atoms with van der Waals surface area (Å²) in [4.78, 5) is 12.3. The molecule has 3 saturated heterocycles. The van der Waals surface area contributed by atoms with E-state index >= 15 is 4.39 Å². The van der Waals surface area contributed by atoms with Crippen molar-refractivity contribution in [1.29, 1.82) is 5.26 Å². The average molecular weight is 723 g/mol. The topological polar surface area (TPSA) is 112 Å². The first kappa shape index (κ1) is 37.4. The highest BCUT2D eigenvalue weighted by molar-refractivity contribution is 7.23. The fraction of sp³-hybridized carbons (Fsp3) is 0.514. The molecule has 2 aromatic carbocycles.